The molecule has 0 spiro atoms. The Kier molecular flexibility index (Phi) is 7.98. The van der Waals surface area contributed by atoms with Gasteiger partial charge in [0, 0.05) is 17.1 Å². The Morgan fingerprint density at radius 1 is 1.05 bits per heavy atom. The van der Waals surface area contributed by atoms with Crippen LogP contribution in [0.15, 0.2) is 83.2 Å². The molecule has 0 saturated carbocycles. The van der Waals surface area contributed by atoms with Gasteiger partial charge in [-0.3, -0.25) is 4.79 Å². The van der Waals surface area contributed by atoms with Crippen LogP contribution in [0.5, 0.6) is 5.75 Å². The minimum atomic E-state index is -0.432. The number of rotatable bonds is 8. The van der Waals surface area contributed by atoms with E-state index >= 15 is 0 Å². The van der Waals surface area contributed by atoms with Crippen LogP contribution in [0.2, 0.25) is 0 Å². The third-order valence-electron chi connectivity index (χ3n) is 7.20. The smallest absolute Gasteiger partial charge is 0.255 e. The van der Waals surface area contributed by atoms with Gasteiger partial charge in [-0.05, 0) is 73.2 Å². The van der Waals surface area contributed by atoms with Crippen LogP contribution in [0.1, 0.15) is 60.5 Å². The average molecular weight is 554 g/mol. The number of nitrogens with one attached hydrogen (secondary N) is 2. The topological polar surface area (TPSA) is 81.1 Å². The molecule has 5 rings (SSSR count). The number of aryl methyl sites for hydroxylation is 2. The molecule has 8 heteroatoms. The fourth-order valence-corrected chi connectivity index (χ4v) is 5.79. The van der Waals surface area contributed by atoms with E-state index in [1.807, 2.05) is 35.9 Å². The third-order valence-corrected chi connectivity index (χ3v) is 8.09. The highest BCUT2D eigenvalue weighted by Gasteiger charge is 2.34. The first kappa shape index (κ1) is 27.5. The van der Waals surface area contributed by atoms with Gasteiger partial charge in [0.15, 0.2) is 0 Å². The second-order valence-electron chi connectivity index (χ2n) is 10.5. The highest BCUT2D eigenvalue weighted by atomic mass is 32.2. The van der Waals surface area contributed by atoms with Crippen LogP contribution in [-0.2, 0) is 10.5 Å². The number of carbonyl (C=O) groups is 1. The Labute approximate surface area is 240 Å². The molecule has 1 amide bonds. The van der Waals surface area contributed by atoms with Crippen molar-refractivity contribution in [3.8, 4) is 5.75 Å². The summed E-state index contributed by atoms with van der Waals surface area (Å²) in [7, 11) is 1.62. The number of thioether (sulfide) groups is 1. The van der Waals surface area contributed by atoms with Crippen LogP contribution >= 0.6 is 11.8 Å². The molecule has 1 aliphatic rings. The molecule has 0 unspecified atom stereocenters. The Balaban J connectivity index is 1.48. The molecular formula is C32H35N5O2S. The normalized spacial score (nSPS) is 14.6. The second kappa shape index (κ2) is 11.6. The first-order valence-electron chi connectivity index (χ1n) is 13.4. The number of aromatic nitrogens is 3. The summed E-state index contributed by atoms with van der Waals surface area (Å²) < 4.78 is 7.10. The van der Waals surface area contributed by atoms with E-state index in [-0.39, 0.29) is 5.91 Å². The van der Waals surface area contributed by atoms with Crippen LogP contribution < -0.4 is 15.4 Å². The first-order chi connectivity index (χ1) is 19.2. The number of hydrogen-bond donors (Lipinski definition) is 2. The maximum atomic E-state index is 13.8. The molecular weight excluding hydrogens is 518 g/mol. The van der Waals surface area contributed by atoms with Crippen molar-refractivity contribution in [1.82, 2.24) is 14.8 Å². The van der Waals surface area contributed by atoms with Gasteiger partial charge in [-0.15, -0.1) is 5.10 Å². The maximum Gasteiger partial charge on any atom is 0.255 e. The lowest BCUT2D eigenvalue weighted by atomic mass is 9.93. The Hall–Kier alpha value is -4.04. The molecule has 1 aliphatic heterocycles. The Morgan fingerprint density at radius 3 is 2.42 bits per heavy atom. The van der Waals surface area contributed by atoms with Crippen LogP contribution in [0, 0.1) is 13.8 Å². The van der Waals surface area contributed by atoms with E-state index in [1.165, 1.54) is 22.3 Å². The van der Waals surface area contributed by atoms with Gasteiger partial charge in [0.25, 0.3) is 5.91 Å². The van der Waals surface area contributed by atoms with Gasteiger partial charge in [-0.25, -0.2) is 4.68 Å². The zero-order chi connectivity index (χ0) is 28.4. The van der Waals surface area contributed by atoms with E-state index in [4.69, 9.17) is 14.8 Å². The summed E-state index contributed by atoms with van der Waals surface area (Å²) >= 11 is 1.59. The molecule has 7 nitrogen and oxygen atoms in total. The number of anilines is 2. The van der Waals surface area contributed by atoms with Crippen molar-refractivity contribution in [1.29, 1.82) is 0 Å². The first-order valence-corrected chi connectivity index (χ1v) is 14.4. The van der Waals surface area contributed by atoms with Crippen LogP contribution in [-0.4, -0.2) is 27.8 Å². The molecule has 2 N–H and O–H groups in total. The van der Waals surface area contributed by atoms with Crippen molar-refractivity contribution in [3.05, 3.63) is 106 Å². The summed E-state index contributed by atoms with van der Waals surface area (Å²) in [5, 5.41) is 12.0. The van der Waals surface area contributed by atoms with Gasteiger partial charge in [-0.1, -0.05) is 73.6 Å². The van der Waals surface area contributed by atoms with E-state index in [2.05, 4.69) is 80.8 Å². The molecule has 1 atom stereocenters. The van der Waals surface area contributed by atoms with Crippen LogP contribution in [0.4, 0.5) is 11.6 Å². The number of hydrogen-bond acceptors (Lipinski definition) is 6. The highest BCUT2D eigenvalue weighted by Crippen LogP contribution is 2.37. The van der Waals surface area contributed by atoms with Crippen molar-refractivity contribution in [2.45, 2.75) is 57.5 Å². The molecule has 0 bridgehead atoms. The van der Waals surface area contributed by atoms with Gasteiger partial charge in [0.1, 0.15) is 11.8 Å². The largest absolute Gasteiger partial charge is 0.497 e. The van der Waals surface area contributed by atoms with E-state index in [0.29, 0.717) is 28.3 Å². The van der Waals surface area contributed by atoms with Gasteiger partial charge < -0.3 is 15.4 Å². The molecule has 0 radical (unpaired) electrons. The van der Waals surface area contributed by atoms with Crippen molar-refractivity contribution in [2.24, 2.45) is 0 Å². The lowest BCUT2D eigenvalue weighted by Crippen LogP contribution is -2.31. The SMILES string of the molecule is COc1ccc(NC(=O)C2=C(C)Nc3nc(SCc4ccc(C)cc4C)nn3[C@@H]2c2ccc(C(C)C)cc2)cc1. The predicted molar refractivity (Wildman–Crippen MR) is 162 cm³/mol. The maximum absolute atomic E-state index is 13.8. The summed E-state index contributed by atoms with van der Waals surface area (Å²) in [6, 6.07) is 21.8. The summed E-state index contributed by atoms with van der Waals surface area (Å²) in [6.45, 7) is 10.5. The fraction of sp³-hybridized carbons (Fsp3) is 0.281. The number of nitrogens with zero attached hydrogens (tertiary/aromatic N) is 3. The molecule has 2 heterocycles. The zero-order valence-corrected chi connectivity index (χ0v) is 24.6. The van der Waals surface area contributed by atoms with Crippen molar-refractivity contribution in [3.63, 3.8) is 0 Å². The summed E-state index contributed by atoms with van der Waals surface area (Å²) in [5.41, 5.74) is 8.01. The molecule has 206 valence electrons. The average Bonchev–Trinajstić information content (AvgIpc) is 3.34. The quantitative estimate of drug-likeness (QED) is 0.224. The third kappa shape index (κ3) is 5.77. The molecule has 1 aromatic heterocycles. The number of benzene rings is 3. The van der Waals surface area contributed by atoms with Gasteiger partial charge in [0.05, 0.1) is 12.7 Å². The molecule has 3 aromatic carbocycles. The Bertz CT molecular complexity index is 1560. The van der Waals surface area contributed by atoms with E-state index in [0.717, 1.165) is 22.8 Å². The molecule has 0 fully saturated rings. The van der Waals surface area contributed by atoms with Crippen LogP contribution in [0.25, 0.3) is 0 Å². The number of ether oxygens (including phenoxy) is 1. The minimum Gasteiger partial charge on any atom is -0.497 e. The lowest BCUT2D eigenvalue weighted by Gasteiger charge is -2.29. The molecule has 0 aliphatic carbocycles. The number of fused-ring (bicyclic) bond motifs is 1. The highest BCUT2D eigenvalue weighted by molar-refractivity contribution is 7.98. The zero-order valence-electron chi connectivity index (χ0n) is 23.8. The van der Waals surface area contributed by atoms with Crippen molar-refractivity contribution < 1.29 is 9.53 Å². The van der Waals surface area contributed by atoms with E-state index in [9.17, 15) is 4.79 Å². The number of amides is 1. The second-order valence-corrected chi connectivity index (χ2v) is 11.4. The molecule has 4 aromatic rings. The number of methoxy groups -OCH3 is 1. The lowest BCUT2D eigenvalue weighted by molar-refractivity contribution is -0.113. The predicted octanol–water partition coefficient (Wildman–Crippen LogP) is 7.25. The van der Waals surface area contributed by atoms with Gasteiger partial charge in [0.2, 0.25) is 11.1 Å². The van der Waals surface area contributed by atoms with Crippen molar-refractivity contribution >= 4 is 29.3 Å². The monoisotopic (exact) mass is 553 g/mol. The standard InChI is InChI=1S/C32H35N5O2S/c1-19(2)23-9-11-24(12-10-23)29-28(30(38)34-26-13-15-27(39-6)16-14-26)22(5)33-31-35-32(36-37(29)31)40-18-25-8-7-20(3)17-21(25)4/h7-17,19,29H,18H2,1-6H3,(H,34,38)(H,33,35,36)/t29-/m1/s1. The van der Waals surface area contributed by atoms with Crippen LogP contribution in [0.3, 0.4) is 0 Å². The van der Waals surface area contributed by atoms with E-state index < -0.39 is 6.04 Å². The Morgan fingerprint density at radius 2 is 1.77 bits per heavy atom. The van der Waals surface area contributed by atoms with Crippen molar-refractivity contribution in [2.75, 3.05) is 17.7 Å². The number of carbonyl (C=O) groups excluding carboxylic acids is 1. The summed E-state index contributed by atoms with van der Waals surface area (Å²) in [5.74, 6) is 2.33. The molecule has 0 saturated heterocycles. The van der Waals surface area contributed by atoms with Gasteiger partial charge in [-0.2, -0.15) is 4.98 Å². The summed E-state index contributed by atoms with van der Waals surface area (Å²) in [4.78, 5) is 18.6. The molecule has 40 heavy (non-hydrogen) atoms. The summed E-state index contributed by atoms with van der Waals surface area (Å²) in [6.07, 6.45) is 0. The van der Waals surface area contributed by atoms with Gasteiger partial charge >= 0.3 is 0 Å². The van der Waals surface area contributed by atoms with E-state index in [1.54, 1.807) is 18.9 Å². The minimum absolute atomic E-state index is 0.196. The fourth-order valence-electron chi connectivity index (χ4n) is 4.88. The number of allylic oxidation sites excluding steroid dienone is 1.